The van der Waals surface area contributed by atoms with E-state index in [9.17, 15) is 9.18 Å². The SMILES string of the molecule is C=CCONC(=O)c1nc(-c2nn(Cc3ccccc3F)c3ncccc23)nc2c1C(C)(C)C(N)=N2. The molecule has 4 aromatic rings. The number of aliphatic imine (C=N–C) groups is 1. The van der Waals surface area contributed by atoms with Crippen LogP contribution in [0.5, 0.6) is 0 Å². The number of hydroxylamine groups is 1. The predicted octanol–water partition coefficient (Wildman–Crippen LogP) is 3.20. The molecule has 1 aliphatic heterocycles. The Hall–Kier alpha value is -4.51. The zero-order valence-corrected chi connectivity index (χ0v) is 19.7. The van der Waals surface area contributed by atoms with Gasteiger partial charge in [-0.15, -0.1) is 6.58 Å². The van der Waals surface area contributed by atoms with Crippen molar-refractivity contribution in [2.75, 3.05) is 6.61 Å². The highest BCUT2D eigenvalue weighted by Gasteiger charge is 2.40. The second-order valence-electron chi connectivity index (χ2n) is 8.72. The molecule has 5 rings (SSSR count). The first-order valence-corrected chi connectivity index (χ1v) is 11.2. The van der Waals surface area contributed by atoms with Crippen LogP contribution in [0.4, 0.5) is 10.2 Å². The Bertz CT molecular complexity index is 1540. The third kappa shape index (κ3) is 3.89. The molecule has 0 saturated heterocycles. The molecule has 3 N–H and O–H groups in total. The highest BCUT2D eigenvalue weighted by molar-refractivity contribution is 6.04. The van der Waals surface area contributed by atoms with Gasteiger partial charge in [-0.2, -0.15) is 5.10 Å². The molecule has 0 unspecified atom stereocenters. The molecule has 182 valence electrons. The molecule has 0 aliphatic carbocycles. The van der Waals surface area contributed by atoms with Crippen LogP contribution in [-0.4, -0.2) is 43.1 Å². The molecule has 0 bridgehead atoms. The minimum absolute atomic E-state index is 0.0638. The summed E-state index contributed by atoms with van der Waals surface area (Å²) >= 11 is 0. The van der Waals surface area contributed by atoms with Crippen molar-refractivity contribution in [3.8, 4) is 11.5 Å². The maximum Gasteiger partial charge on any atom is 0.293 e. The highest BCUT2D eigenvalue weighted by atomic mass is 19.1. The van der Waals surface area contributed by atoms with Gasteiger partial charge < -0.3 is 5.73 Å². The largest absolute Gasteiger partial charge is 0.386 e. The first-order valence-electron chi connectivity index (χ1n) is 11.2. The third-order valence-electron chi connectivity index (χ3n) is 5.96. The summed E-state index contributed by atoms with van der Waals surface area (Å²) in [4.78, 5) is 36.2. The minimum Gasteiger partial charge on any atom is -0.386 e. The number of benzene rings is 1. The van der Waals surface area contributed by atoms with E-state index in [2.05, 4.69) is 37.1 Å². The van der Waals surface area contributed by atoms with Crippen LogP contribution in [-0.2, 0) is 16.8 Å². The Balaban J connectivity index is 1.66. The molecule has 1 aliphatic rings. The summed E-state index contributed by atoms with van der Waals surface area (Å²) in [6, 6.07) is 10.0. The Morgan fingerprint density at radius 2 is 2.06 bits per heavy atom. The van der Waals surface area contributed by atoms with Crippen LogP contribution in [0.15, 0.2) is 60.2 Å². The number of hydrogen-bond donors (Lipinski definition) is 2. The lowest BCUT2D eigenvalue weighted by molar-refractivity contribution is 0.0415. The van der Waals surface area contributed by atoms with Crippen LogP contribution < -0.4 is 11.2 Å². The summed E-state index contributed by atoms with van der Waals surface area (Å²) < 4.78 is 15.9. The molecule has 0 radical (unpaired) electrons. The number of carbonyl (C=O) groups excluding carboxylic acids is 1. The Kier molecular flexibility index (Phi) is 5.77. The van der Waals surface area contributed by atoms with E-state index >= 15 is 0 Å². The van der Waals surface area contributed by atoms with Crippen LogP contribution in [0.3, 0.4) is 0 Å². The smallest absolute Gasteiger partial charge is 0.293 e. The number of fused-ring (bicyclic) bond motifs is 2. The van der Waals surface area contributed by atoms with Crippen molar-refractivity contribution in [3.63, 3.8) is 0 Å². The number of pyridine rings is 1. The average molecular weight is 487 g/mol. The number of hydrogen-bond acceptors (Lipinski definition) is 8. The summed E-state index contributed by atoms with van der Waals surface area (Å²) in [5.41, 5.74) is 9.66. The van der Waals surface area contributed by atoms with Gasteiger partial charge >= 0.3 is 0 Å². The number of aromatic nitrogens is 5. The minimum atomic E-state index is -0.771. The molecule has 0 spiro atoms. The van der Waals surface area contributed by atoms with E-state index in [1.807, 2.05) is 19.9 Å². The molecular weight excluding hydrogens is 463 g/mol. The number of amides is 1. The van der Waals surface area contributed by atoms with E-state index in [-0.39, 0.29) is 36.3 Å². The highest BCUT2D eigenvalue weighted by Crippen LogP contribution is 2.40. The first-order chi connectivity index (χ1) is 17.3. The topological polar surface area (TPSA) is 133 Å². The fourth-order valence-corrected chi connectivity index (χ4v) is 4.04. The van der Waals surface area contributed by atoms with Crippen LogP contribution in [0.1, 0.15) is 35.5 Å². The molecule has 3 aromatic heterocycles. The maximum absolute atomic E-state index is 14.4. The van der Waals surface area contributed by atoms with E-state index in [1.54, 1.807) is 35.1 Å². The van der Waals surface area contributed by atoms with Crippen molar-refractivity contribution in [3.05, 3.63) is 77.9 Å². The third-order valence-corrected chi connectivity index (χ3v) is 5.96. The molecule has 11 heteroatoms. The molecule has 4 heterocycles. The van der Waals surface area contributed by atoms with Crippen LogP contribution in [0.25, 0.3) is 22.6 Å². The number of rotatable bonds is 7. The molecule has 36 heavy (non-hydrogen) atoms. The van der Waals surface area contributed by atoms with Crippen molar-refractivity contribution in [2.24, 2.45) is 10.7 Å². The molecule has 10 nitrogen and oxygen atoms in total. The fourth-order valence-electron chi connectivity index (χ4n) is 4.04. The van der Waals surface area contributed by atoms with Crippen molar-refractivity contribution >= 4 is 28.6 Å². The van der Waals surface area contributed by atoms with E-state index in [0.717, 1.165) is 0 Å². The lowest BCUT2D eigenvalue weighted by Crippen LogP contribution is -2.36. The summed E-state index contributed by atoms with van der Waals surface area (Å²) in [5, 5.41) is 5.30. The second-order valence-corrected chi connectivity index (χ2v) is 8.72. The van der Waals surface area contributed by atoms with Crippen molar-refractivity contribution in [2.45, 2.75) is 25.8 Å². The summed E-state index contributed by atoms with van der Waals surface area (Å²) in [7, 11) is 0. The van der Waals surface area contributed by atoms with Gasteiger partial charge in [0, 0.05) is 17.3 Å². The predicted molar refractivity (Wildman–Crippen MR) is 132 cm³/mol. The summed E-state index contributed by atoms with van der Waals surface area (Å²) in [6.45, 7) is 7.50. The second kappa shape index (κ2) is 8.93. The van der Waals surface area contributed by atoms with Gasteiger partial charge in [-0.25, -0.2) is 34.5 Å². The van der Waals surface area contributed by atoms with Crippen molar-refractivity contribution in [1.82, 2.24) is 30.2 Å². The van der Waals surface area contributed by atoms with Gasteiger partial charge in [0.1, 0.15) is 23.0 Å². The van der Waals surface area contributed by atoms with Gasteiger partial charge in [0.25, 0.3) is 5.91 Å². The van der Waals surface area contributed by atoms with Crippen molar-refractivity contribution < 1.29 is 14.0 Å². The van der Waals surface area contributed by atoms with Gasteiger partial charge in [0.2, 0.25) is 0 Å². The van der Waals surface area contributed by atoms with Crippen LogP contribution in [0, 0.1) is 5.82 Å². The molecule has 0 saturated carbocycles. The van der Waals surface area contributed by atoms with Gasteiger partial charge in [-0.3, -0.25) is 9.63 Å². The fraction of sp³-hybridized carbons (Fsp3) is 0.200. The molecule has 0 atom stereocenters. The van der Waals surface area contributed by atoms with E-state index in [1.165, 1.54) is 12.1 Å². The number of nitrogens with zero attached hydrogens (tertiary/aromatic N) is 6. The van der Waals surface area contributed by atoms with Gasteiger partial charge in [-0.1, -0.05) is 24.3 Å². The number of nitrogens with one attached hydrogen (secondary N) is 1. The van der Waals surface area contributed by atoms with E-state index in [4.69, 9.17) is 10.6 Å². The number of amidine groups is 1. The summed E-state index contributed by atoms with van der Waals surface area (Å²) in [5.74, 6) is -0.193. The number of halogens is 1. The molecule has 1 aromatic carbocycles. The number of carbonyl (C=O) groups is 1. The first kappa shape index (κ1) is 23.2. The zero-order valence-electron chi connectivity index (χ0n) is 19.7. The van der Waals surface area contributed by atoms with Gasteiger partial charge in [0.15, 0.2) is 17.3 Å². The summed E-state index contributed by atoms with van der Waals surface area (Å²) in [6.07, 6.45) is 3.13. The van der Waals surface area contributed by atoms with E-state index < -0.39 is 11.3 Å². The molecule has 0 fully saturated rings. The normalized spacial score (nSPS) is 13.9. The Labute approximate surface area is 205 Å². The average Bonchev–Trinajstić information content (AvgIpc) is 3.34. The van der Waals surface area contributed by atoms with Gasteiger partial charge in [0.05, 0.1) is 24.0 Å². The standard InChI is InChI=1S/C25H23FN8O2/c1-4-12-36-33-23(35)19-17-20(31-24(27)25(17,2)3)30-21(29-19)18-15-9-7-11-28-22(15)34(32-18)13-14-8-5-6-10-16(14)26/h4-11H,1,12-13H2,2-3H3,(H,33,35)(H2,27,29,30,31). The van der Waals surface area contributed by atoms with Gasteiger partial charge in [-0.05, 0) is 32.0 Å². The quantitative estimate of drug-likeness (QED) is 0.233. The lowest BCUT2D eigenvalue weighted by Gasteiger charge is -2.21. The molecule has 1 amide bonds. The lowest BCUT2D eigenvalue weighted by atomic mass is 9.84. The van der Waals surface area contributed by atoms with Crippen LogP contribution in [0.2, 0.25) is 0 Å². The number of nitrogens with two attached hydrogens (primary N) is 1. The Morgan fingerprint density at radius 1 is 1.25 bits per heavy atom. The monoisotopic (exact) mass is 486 g/mol. The van der Waals surface area contributed by atoms with Crippen molar-refractivity contribution in [1.29, 1.82) is 0 Å². The van der Waals surface area contributed by atoms with E-state index in [0.29, 0.717) is 33.7 Å². The zero-order chi connectivity index (χ0) is 25.4. The molecular formula is C25H23FN8O2. The van der Waals surface area contributed by atoms with Crippen LogP contribution >= 0.6 is 0 Å². The maximum atomic E-state index is 14.4. The Morgan fingerprint density at radius 3 is 2.83 bits per heavy atom.